The molecule has 0 aromatic heterocycles. The minimum absolute atomic E-state index is 0.0332. The quantitative estimate of drug-likeness (QED) is 0.751. The van der Waals surface area contributed by atoms with Crippen LogP contribution in [0.25, 0.3) is 5.57 Å². The van der Waals surface area contributed by atoms with Gasteiger partial charge in [-0.2, -0.15) is 0 Å². The lowest BCUT2D eigenvalue weighted by Gasteiger charge is -2.14. The number of amides is 3. The maximum absolute atomic E-state index is 12.7. The maximum Gasteiger partial charge on any atom is 0.296 e. The van der Waals surface area contributed by atoms with Gasteiger partial charge in [-0.25, -0.2) is 0 Å². The van der Waals surface area contributed by atoms with Crippen LogP contribution in [0.1, 0.15) is 18.1 Å². The Balaban J connectivity index is 1.73. The zero-order valence-corrected chi connectivity index (χ0v) is 15.6. The van der Waals surface area contributed by atoms with Crippen molar-refractivity contribution in [1.82, 2.24) is 4.90 Å². The molecule has 0 aliphatic carbocycles. The zero-order valence-electron chi connectivity index (χ0n) is 15.6. The van der Waals surface area contributed by atoms with Crippen LogP contribution in [-0.2, 0) is 20.8 Å². The number of anilines is 1. The van der Waals surface area contributed by atoms with Crippen molar-refractivity contribution in [2.75, 3.05) is 19.0 Å². The van der Waals surface area contributed by atoms with Gasteiger partial charge >= 0.3 is 0 Å². The molecule has 144 valence electrons. The molecule has 1 aliphatic heterocycles. The SMILES string of the molecule is COc1ccc(CCN2C(=O)C(O)=C(c3ccc(NC(C)=O)cc3)C2=O)cc1. The van der Waals surface area contributed by atoms with E-state index in [0.717, 1.165) is 16.2 Å². The van der Waals surface area contributed by atoms with Crippen molar-refractivity contribution in [1.29, 1.82) is 0 Å². The molecular formula is C21H20N2O5. The molecule has 1 aliphatic rings. The third-order valence-electron chi connectivity index (χ3n) is 4.42. The van der Waals surface area contributed by atoms with E-state index in [0.29, 0.717) is 17.7 Å². The van der Waals surface area contributed by atoms with Crippen molar-refractivity contribution in [3.63, 3.8) is 0 Å². The predicted molar refractivity (Wildman–Crippen MR) is 104 cm³/mol. The molecule has 0 radical (unpaired) electrons. The van der Waals surface area contributed by atoms with Gasteiger partial charge in [0.1, 0.15) is 5.75 Å². The number of aliphatic hydroxyl groups excluding tert-OH is 1. The number of hydrogen-bond acceptors (Lipinski definition) is 5. The number of ether oxygens (including phenoxy) is 1. The van der Waals surface area contributed by atoms with Crippen molar-refractivity contribution in [3.05, 3.63) is 65.4 Å². The van der Waals surface area contributed by atoms with Gasteiger partial charge in [-0.3, -0.25) is 19.3 Å². The average Bonchev–Trinajstić information content (AvgIpc) is 2.90. The predicted octanol–water partition coefficient (Wildman–Crippen LogP) is 2.53. The number of carbonyl (C=O) groups is 3. The highest BCUT2D eigenvalue weighted by atomic mass is 16.5. The molecule has 0 unspecified atom stereocenters. The second kappa shape index (κ2) is 7.96. The molecule has 7 nitrogen and oxygen atoms in total. The number of aliphatic hydroxyl groups is 1. The molecule has 3 amide bonds. The molecule has 3 rings (SSSR count). The number of rotatable bonds is 6. The molecule has 2 aromatic rings. The number of nitrogens with zero attached hydrogens (tertiary/aromatic N) is 1. The maximum atomic E-state index is 12.7. The average molecular weight is 380 g/mol. The number of benzene rings is 2. The Labute approximate surface area is 162 Å². The summed E-state index contributed by atoms with van der Waals surface area (Å²) in [5.74, 6) is -1.30. The minimum atomic E-state index is -0.709. The summed E-state index contributed by atoms with van der Waals surface area (Å²) < 4.78 is 5.11. The van der Waals surface area contributed by atoms with Crippen molar-refractivity contribution in [2.45, 2.75) is 13.3 Å². The molecule has 0 atom stereocenters. The Morgan fingerprint density at radius 3 is 2.25 bits per heavy atom. The van der Waals surface area contributed by atoms with E-state index in [1.54, 1.807) is 43.5 Å². The number of methoxy groups -OCH3 is 1. The summed E-state index contributed by atoms with van der Waals surface area (Å²) in [6.45, 7) is 1.55. The van der Waals surface area contributed by atoms with Crippen LogP contribution >= 0.6 is 0 Å². The second-order valence-electron chi connectivity index (χ2n) is 6.34. The van der Waals surface area contributed by atoms with Crippen LogP contribution in [0.2, 0.25) is 0 Å². The van der Waals surface area contributed by atoms with Crippen LogP contribution in [-0.4, -0.2) is 41.4 Å². The van der Waals surface area contributed by atoms with Crippen molar-refractivity contribution in [3.8, 4) is 5.75 Å². The summed E-state index contributed by atoms with van der Waals surface area (Å²) in [5.41, 5.74) is 1.88. The van der Waals surface area contributed by atoms with E-state index < -0.39 is 17.6 Å². The Bertz CT molecular complexity index is 946. The van der Waals surface area contributed by atoms with Crippen LogP contribution in [0.5, 0.6) is 5.75 Å². The van der Waals surface area contributed by atoms with Gasteiger partial charge in [-0.05, 0) is 41.8 Å². The monoisotopic (exact) mass is 380 g/mol. The normalized spacial score (nSPS) is 13.9. The first kappa shape index (κ1) is 19.2. The van der Waals surface area contributed by atoms with Gasteiger partial charge in [0.25, 0.3) is 11.8 Å². The summed E-state index contributed by atoms with van der Waals surface area (Å²) in [6.07, 6.45) is 0.462. The van der Waals surface area contributed by atoms with Gasteiger partial charge in [0, 0.05) is 19.2 Å². The van der Waals surface area contributed by atoms with Crippen molar-refractivity contribution in [2.24, 2.45) is 0 Å². The highest BCUT2D eigenvalue weighted by molar-refractivity contribution is 6.34. The highest BCUT2D eigenvalue weighted by Gasteiger charge is 2.38. The van der Waals surface area contributed by atoms with Gasteiger partial charge in [-0.1, -0.05) is 24.3 Å². The first-order valence-electron chi connectivity index (χ1n) is 8.71. The molecule has 2 aromatic carbocycles. The third kappa shape index (κ3) is 3.88. The van der Waals surface area contributed by atoms with E-state index >= 15 is 0 Å². The van der Waals surface area contributed by atoms with Gasteiger partial charge < -0.3 is 15.2 Å². The van der Waals surface area contributed by atoms with Crippen LogP contribution in [0.15, 0.2) is 54.3 Å². The fourth-order valence-corrected chi connectivity index (χ4v) is 2.98. The van der Waals surface area contributed by atoms with E-state index in [4.69, 9.17) is 4.74 Å². The fourth-order valence-electron chi connectivity index (χ4n) is 2.98. The summed E-state index contributed by atoms with van der Waals surface area (Å²) in [4.78, 5) is 37.2. The van der Waals surface area contributed by atoms with E-state index in [1.807, 2.05) is 12.1 Å². The van der Waals surface area contributed by atoms with E-state index in [9.17, 15) is 19.5 Å². The van der Waals surface area contributed by atoms with Gasteiger partial charge in [0.05, 0.1) is 12.7 Å². The minimum Gasteiger partial charge on any atom is -0.502 e. The smallest absolute Gasteiger partial charge is 0.296 e. The number of hydrogen-bond donors (Lipinski definition) is 2. The van der Waals surface area contributed by atoms with Gasteiger partial charge in [0.15, 0.2) is 5.76 Å². The van der Waals surface area contributed by atoms with E-state index in [-0.39, 0.29) is 18.0 Å². The van der Waals surface area contributed by atoms with Crippen LogP contribution < -0.4 is 10.1 Å². The summed E-state index contributed by atoms with van der Waals surface area (Å²) in [7, 11) is 1.58. The largest absolute Gasteiger partial charge is 0.502 e. The van der Waals surface area contributed by atoms with Crippen LogP contribution in [0, 0.1) is 0 Å². The summed E-state index contributed by atoms with van der Waals surface area (Å²) >= 11 is 0. The van der Waals surface area contributed by atoms with Gasteiger partial charge in [0.2, 0.25) is 5.91 Å². The summed E-state index contributed by atoms with van der Waals surface area (Å²) in [5, 5.41) is 12.8. The molecule has 1 heterocycles. The van der Waals surface area contributed by atoms with Crippen LogP contribution in [0.4, 0.5) is 5.69 Å². The molecular weight excluding hydrogens is 360 g/mol. The lowest BCUT2D eigenvalue weighted by Crippen LogP contribution is -2.33. The summed E-state index contributed by atoms with van der Waals surface area (Å²) in [6, 6.07) is 13.7. The Morgan fingerprint density at radius 1 is 1.04 bits per heavy atom. The molecule has 0 saturated heterocycles. The molecule has 0 spiro atoms. The molecule has 0 bridgehead atoms. The number of imide groups is 1. The van der Waals surface area contributed by atoms with Crippen LogP contribution in [0.3, 0.4) is 0 Å². The molecule has 7 heteroatoms. The second-order valence-corrected chi connectivity index (χ2v) is 6.34. The topological polar surface area (TPSA) is 95.9 Å². The molecule has 28 heavy (non-hydrogen) atoms. The zero-order chi connectivity index (χ0) is 20.3. The molecule has 2 N–H and O–H groups in total. The van der Waals surface area contributed by atoms with Crippen molar-refractivity contribution >= 4 is 29.0 Å². The lowest BCUT2D eigenvalue weighted by molar-refractivity contribution is -0.138. The first-order valence-corrected chi connectivity index (χ1v) is 8.71. The molecule has 0 fully saturated rings. The third-order valence-corrected chi connectivity index (χ3v) is 4.42. The lowest BCUT2D eigenvalue weighted by atomic mass is 10.0. The van der Waals surface area contributed by atoms with E-state index in [2.05, 4.69) is 5.32 Å². The van der Waals surface area contributed by atoms with E-state index in [1.165, 1.54) is 6.92 Å². The highest BCUT2D eigenvalue weighted by Crippen LogP contribution is 2.29. The van der Waals surface area contributed by atoms with Gasteiger partial charge in [-0.15, -0.1) is 0 Å². The Hall–Kier alpha value is -3.61. The number of carbonyl (C=O) groups excluding carboxylic acids is 3. The first-order chi connectivity index (χ1) is 13.4. The number of nitrogens with one attached hydrogen (secondary N) is 1. The Kier molecular flexibility index (Phi) is 5.44. The molecule has 0 saturated carbocycles. The Morgan fingerprint density at radius 2 is 1.68 bits per heavy atom. The van der Waals surface area contributed by atoms with Crippen molar-refractivity contribution < 1.29 is 24.2 Å². The fraction of sp³-hybridized carbons (Fsp3) is 0.190. The standard InChI is InChI=1S/C21H20N2O5/c1-13(24)22-16-7-5-15(6-8-16)18-19(25)21(27)23(20(18)26)12-11-14-3-9-17(28-2)10-4-14/h3-10,25H,11-12H2,1-2H3,(H,22,24).